The Morgan fingerprint density at radius 2 is 1.40 bits per heavy atom. The maximum atomic E-state index is 13.1. The van der Waals surface area contributed by atoms with Gasteiger partial charge < -0.3 is 18.6 Å². The first-order chi connectivity index (χ1) is 16.6. The fourth-order valence-electron chi connectivity index (χ4n) is 3.45. The summed E-state index contributed by atoms with van der Waals surface area (Å²) in [5.41, 5.74) is -0.454. The van der Waals surface area contributed by atoms with Crippen molar-refractivity contribution in [3.05, 3.63) is 86.9 Å². The van der Waals surface area contributed by atoms with Crippen LogP contribution in [0.15, 0.2) is 75.1 Å². The minimum atomic E-state index is -4.09. The summed E-state index contributed by atoms with van der Waals surface area (Å²) in [5, 5.41) is 8.98. The third-order valence-corrected chi connectivity index (χ3v) is 6.80. The lowest BCUT2D eigenvalue weighted by atomic mass is 10.2. The van der Waals surface area contributed by atoms with Gasteiger partial charge in [0, 0.05) is 20.2 Å². The Bertz CT molecular complexity index is 1700. The van der Waals surface area contributed by atoms with Crippen LogP contribution in [-0.4, -0.2) is 24.7 Å². The van der Waals surface area contributed by atoms with Gasteiger partial charge in [0.25, 0.3) is 10.0 Å². The highest BCUT2D eigenvalue weighted by atomic mass is 32.2. The van der Waals surface area contributed by atoms with Crippen molar-refractivity contribution in [2.45, 2.75) is 4.90 Å². The lowest BCUT2D eigenvalue weighted by molar-refractivity contribution is 0.413. The number of fused-ring (bicyclic) bond motifs is 1. The van der Waals surface area contributed by atoms with Crippen molar-refractivity contribution in [2.24, 2.45) is 14.1 Å². The number of anilines is 1. The number of sulfonamides is 1. The lowest BCUT2D eigenvalue weighted by Crippen LogP contribution is -2.39. The monoisotopic (exact) mass is 492 g/mol. The van der Waals surface area contributed by atoms with Crippen LogP contribution >= 0.6 is 0 Å². The zero-order valence-electron chi connectivity index (χ0n) is 19.0. The number of nitrogens with one attached hydrogen (secondary N) is 1. The molecule has 4 rings (SSSR count). The second kappa shape index (κ2) is 9.00. The smallest absolute Gasteiger partial charge is 0.316 e. The van der Waals surface area contributed by atoms with Crippen LogP contribution in [0.1, 0.15) is 5.56 Å². The van der Waals surface area contributed by atoms with Gasteiger partial charge in [-0.1, -0.05) is 0 Å². The summed E-state index contributed by atoms with van der Waals surface area (Å²) in [6.07, 6.45) is 0. The van der Waals surface area contributed by atoms with E-state index in [1.54, 1.807) is 24.3 Å². The summed E-state index contributed by atoms with van der Waals surface area (Å²) < 4.78 is 42.2. The fraction of sp³-hybridized carbons (Fsp3) is 0.125. The van der Waals surface area contributed by atoms with Crippen LogP contribution in [0, 0.1) is 11.3 Å². The number of aromatic nitrogens is 2. The molecule has 0 atom stereocenters. The number of aryl methyl sites for hydroxylation is 2. The molecule has 35 heavy (non-hydrogen) atoms. The molecule has 0 aliphatic carbocycles. The Hall–Kier alpha value is -4.56. The molecule has 0 aliphatic rings. The molecule has 1 aromatic heterocycles. The van der Waals surface area contributed by atoms with Gasteiger partial charge in [-0.05, 0) is 54.6 Å². The van der Waals surface area contributed by atoms with Gasteiger partial charge in [0.15, 0.2) is 5.75 Å². The summed E-state index contributed by atoms with van der Waals surface area (Å²) >= 11 is 0. The number of hydrogen-bond donors (Lipinski definition) is 1. The quantitative estimate of drug-likeness (QED) is 0.409. The Balaban J connectivity index is 1.88. The summed E-state index contributed by atoms with van der Waals surface area (Å²) in [7, 11) is 0.313. The van der Waals surface area contributed by atoms with E-state index in [9.17, 15) is 18.0 Å². The molecule has 11 heteroatoms. The van der Waals surface area contributed by atoms with E-state index >= 15 is 0 Å². The van der Waals surface area contributed by atoms with E-state index in [0.717, 1.165) is 4.57 Å². The largest absolute Gasteiger partial charge is 0.497 e. The molecule has 0 radical (unpaired) electrons. The molecule has 1 heterocycles. The van der Waals surface area contributed by atoms with E-state index in [1.165, 1.54) is 62.2 Å². The number of hydrogen-bond acceptors (Lipinski definition) is 7. The van der Waals surface area contributed by atoms with E-state index in [1.807, 2.05) is 6.07 Å². The topological polar surface area (TPSA) is 132 Å². The predicted octanol–water partition coefficient (Wildman–Crippen LogP) is 2.71. The average molecular weight is 493 g/mol. The number of benzene rings is 3. The van der Waals surface area contributed by atoms with Crippen molar-refractivity contribution >= 4 is 26.7 Å². The van der Waals surface area contributed by atoms with E-state index < -0.39 is 21.1 Å². The van der Waals surface area contributed by atoms with Crippen molar-refractivity contribution in [2.75, 3.05) is 11.8 Å². The van der Waals surface area contributed by atoms with Crippen molar-refractivity contribution in [1.82, 2.24) is 9.13 Å². The number of methoxy groups -OCH3 is 1. The van der Waals surface area contributed by atoms with Crippen LogP contribution in [0.3, 0.4) is 0 Å². The van der Waals surface area contributed by atoms with Gasteiger partial charge in [-0.3, -0.25) is 14.3 Å². The first-order valence-electron chi connectivity index (χ1n) is 10.2. The summed E-state index contributed by atoms with van der Waals surface area (Å²) in [6, 6.07) is 16.9. The van der Waals surface area contributed by atoms with Gasteiger partial charge in [-0.15, -0.1) is 0 Å². The maximum absolute atomic E-state index is 13.1. The van der Waals surface area contributed by atoms with Crippen molar-refractivity contribution in [1.29, 1.82) is 5.26 Å². The first kappa shape index (κ1) is 23.6. The molecule has 0 spiro atoms. The Morgan fingerprint density at radius 3 is 1.94 bits per heavy atom. The normalized spacial score (nSPS) is 11.1. The third kappa shape index (κ3) is 4.47. The molecule has 178 valence electrons. The molecule has 3 aromatic carbocycles. The van der Waals surface area contributed by atoms with E-state index in [4.69, 9.17) is 14.7 Å². The van der Waals surface area contributed by atoms with Crippen molar-refractivity contribution in [3.8, 4) is 23.3 Å². The fourth-order valence-corrected chi connectivity index (χ4v) is 4.51. The van der Waals surface area contributed by atoms with E-state index in [0.29, 0.717) is 28.1 Å². The average Bonchev–Trinajstić information content (AvgIpc) is 2.87. The van der Waals surface area contributed by atoms with Crippen LogP contribution in [0.4, 0.5) is 5.69 Å². The highest BCUT2D eigenvalue weighted by molar-refractivity contribution is 7.92. The molecule has 0 unspecified atom stereocenters. The Morgan fingerprint density at radius 1 is 0.857 bits per heavy atom. The molecular weight excluding hydrogens is 472 g/mol. The van der Waals surface area contributed by atoms with Gasteiger partial charge in [-0.2, -0.15) is 5.26 Å². The first-order valence-corrected chi connectivity index (χ1v) is 11.7. The van der Waals surface area contributed by atoms with Gasteiger partial charge >= 0.3 is 11.1 Å². The zero-order chi connectivity index (χ0) is 25.3. The van der Waals surface area contributed by atoms with Gasteiger partial charge in [0.1, 0.15) is 11.5 Å². The molecule has 0 aliphatic heterocycles. The summed E-state index contributed by atoms with van der Waals surface area (Å²) in [4.78, 5) is 24.6. The number of nitrogens with zero attached hydrogens (tertiary/aromatic N) is 3. The maximum Gasteiger partial charge on any atom is 0.316 e. The van der Waals surface area contributed by atoms with Gasteiger partial charge in [-0.25, -0.2) is 8.42 Å². The van der Waals surface area contributed by atoms with Gasteiger partial charge in [0.2, 0.25) is 0 Å². The number of rotatable bonds is 6. The Kier molecular flexibility index (Phi) is 6.07. The molecule has 0 saturated carbocycles. The van der Waals surface area contributed by atoms with E-state index in [2.05, 4.69) is 4.72 Å². The van der Waals surface area contributed by atoms with Crippen molar-refractivity contribution in [3.63, 3.8) is 0 Å². The minimum absolute atomic E-state index is 0.0475. The Labute approximate surface area is 200 Å². The molecule has 10 nitrogen and oxygen atoms in total. The molecule has 0 saturated heterocycles. The molecule has 0 fully saturated rings. The van der Waals surface area contributed by atoms with Crippen LogP contribution in [0.25, 0.3) is 11.0 Å². The molecule has 1 N–H and O–H groups in total. The number of nitriles is 1. The van der Waals surface area contributed by atoms with Crippen LogP contribution in [0.2, 0.25) is 0 Å². The van der Waals surface area contributed by atoms with E-state index in [-0.39, 0.29) is 16.3 Å². The second-order valence-electron chi connectivity index (χ2n) is 7.58. The van der Waals surface area contributed by atoms with Crippen LogP contribution in [0.5, 0.6) is 17.2 Å². The molecular formula is C24H20N4O6S. The highest BCUT2D eigenvalue weighted by Gasteiger charge is 2.20. The summed E-state index contributed by atoms with van der Waals surface area (Å²) in [5.74, 6) is 1.10. The van der Waals surface area contributed by atoms with Crippen LogP contribution < -0.4 is 25.3 Å². The lowest BCUT2D eigenvalue weighted by Gasteiger charge is -2.17. The molecule has 0 bridgehead atoms. The molecule has 0 amide bonds. The second-order valence-corrected chi connectivity index (χ2v) is 9.27. The SMILES string of the molecule is COc1ccc(Oc2cc3c(cc2NS(=O)(=O)c2ccc(C#N)cc2)n(C)c(=O)c(=O)n3C)cc1. The summed E-state index contributed by atoms with van der Waals surface area (Å²) in [6.45, 7) is 0. The van der Waals surface area contributed by atoms with Crippen molar-refractivity contribution < 1.29 is 17.9 Å². The number of ether oxygens (including phenoxy) is 2. The molecule has 4 aromatic rings. The van der Waals surface area contributed by atoms with Crippen LogP contribution in [-0.2, 0) is 24.1 Å². The standard InChI is InChI=1S/C24H20N4O6S/c1-27-20-12-19(26-35(31,32)18-10-4-15(14-25)5-11-18)22(13-21(20)28(2)24(30)23(27)29)34-17-8-6-16(33-3)7-9-17/h4-13,26H,1-3H3. The third-order valence-electron chi connectivity index (χ3n) is 5.42. The minimum Gasteiger partial charge on any atom is -0.497 e. The zero-order valence-corrected chi connectivity index (χ0v) is 19.8. The predicted molar refractivity (Wildman–Crippen MR) is 129 cm³/mol. The van der Waals surface area contributed by atoms with Gasteiger partial charge in [0.05, 0.1) is 40.4 Å². The highest BCUT2D eigenvalue weighted by Crippen LogP contribution is 2.35.